The van der Waals surface area contributed by atoms with Gasteiger partial charge in [0.15, 0.2) is 0 Å². The number of hydrogen-bond acceptors (Lipinski definition) is 6. The SMILES string of the molecule is C=C(OCC)[C@]1(N[S@@](=O)C(C)(C)C)c2cc(Br)ccc2C[C@@]12CC[C@H](OC)[C@@H](CC)C2.C=[C-]OCC.CC[C@H]1C[C@@]2(CC[C@@H]1OC)Cc1ccc(Br)cc1C2=N[S@@](=O)C(C)(C)C.[Li+]. The molecule has 0 unspecified atom stereocenters. The Morgan fingerprint density at radius 2 is 1.41 bits per heavy atom. The van der Waals surface area contributed by atoms with Crippen molar-refractivity contribution in [3.05, 3.63) is 92.8 Å². The van der Waals surface area contributed by atoms with Crippen molar-refractivity contribution in [3.63, 3.8) is 0 Å². The van der Waals surface area contributed by atoms with Crippen molar-refractivity contribution in [3.8, 4) is 0 Å². The van der Waals surface area contributed by atoms with Crippen LogP contribution in [0.15, 0.2) is 68.7 Å². The van der Waals surface area contributed by atoms with Crippen LogP contribution in [0.3, 0.4) is 0 Å². The van der Waals surface area contributed by atoms with Crippen molar-refractivity contribution < 1.29 is 46.2 Å². The fourth-order valence-electron chi connectivity index (χ4n) is 10.3. The van der Waals surface area contributed by atoms with Crippen LogP contribution in [-0.4, -0.2) is 63.3 Å². The quantitative estimate of drug-likeness (QED) is 0.129. The molecular weight excluding hydrogens is 955 g/mol. The smallest absolute Gasteiger partial charge is 0.694 e. The molecule has 1 N–H and O–H groups in total. The number of halogens is 2. The fourth-order valence-corrected chi connectivity index (χ4v) is 12.8. The first-order valence-corrected chi connectivity index (χ1v) is 26.3. The summed E-state index contributed by atoms with van der Waals surface area (Å²) in [5.74, 6) is 1.64. The summed E-state index contributed by atoms with van der Waals surface area (Å²) in [7, 11) is 1.11. The van der Waals surface area contributed by atoms with Gasteiger partial charge in [-0.1, -0.05) is 77.3 Å². The molecule has 8 nitrogen and oxygen atoms in total. The predicted octanol–water partition coefficient (Wildman–Crippen LogP) is 9.46. The molecule has 0 aromatic heterocycles. The Hall–Kier alpha value is -1.07. The molecule has 2 fully saturated rings. The maximum atomic E-state index is 13.6. The van der Waals surface area contributed by atoms with Gasteiger partial charge in [-0.15, -0.1) is 0 Å². The second kappa shape index (κ2) is 23.8. The standard InChI is InChI=1S/C25H38BrNO3S.C21H30BrNO2S.C4H7O.Li/c1-8-18-15-24(13-12-22(18)29-7)16-19-10-11-20(26)14-21(19)25(24,17(3)30-9-2)27-31(28)23(4,5)6;1-6-14-12-21(10-9-18(14)25-5)13-15-7-8-16(22)11-17(15)19(21)23-26(24)20(2,3)4;1-3-5-4-2;/h10-11,14,18,22,27H,3,8-9,12-13,15-16H2,1-2,4-7H3;7-8,11,14,18H,6,9-10,12-13H2,1-5H3;1,4H2,2H3;/q;;-1;+1/t18-,22-,24-,25-,31-;14-,18-,21-,26-;;/m00../s1. The van der Waals surface area contributed by atoms with Crippen LogP contribution in [0, 0.1) is 28.9 Å². The van der Waals surface area contributed by atoms with Crippen LogP contribution < -0.4 is 23.6 Å². The van der Waals surface area contributed by atoms with E-state index in [0.29, 0.717) is 36.9 Å². The van der Waals surface area contributed by atoms with E-state index in [1.54, 1.807) is 0 Å². The van der Waals surface area contributed by atoms with Crippen LogP contribution in [0.4, 0.5) is 0 Å². The average molecular weight is 1030 g/mol. The van der Waals surface area contributed by atoms with Gasteiger partial charge in [-0.3, -0.25) is 0 Å². The first kappa shape index (κ1) is 56.3. The Morgan fingerprint density at radius 1 is 0.841 bits per heavy atom. The van der Waals surface area contributed by atoms with Gasteiger partial charge in [-0.05, 0) is 160 Å². The van der Waals surface area contributed by atoms with Crippen LogP contribution >= 0.6 is 31.9 Å². The summed E-state index contributed by atoms with van der Waals surface area (Å²) in [5.41, 5.74) is 5.13. The summed E-state index contributed by atoms with van der Waals surface area (Å²) >= 11 is 7.28. The maximum absolute atomic E-state index is 13.6. The van der Waals surface area contributed by atoms with E-state index in [2.05, 4.69) is 111 Å². The minimum Gasteiger partial charge on any atom is -0.694 e. The van der Waals surface area contributed by atoms with Gasteiger partial charge >= 0.3 is 18.9 Å². The molecule has 9 atom stereocenters. The van der Waals surface area contributed by atoms with Gasteiger partial charge in [0.05, 0.1) is 45.0 Å². The van der Waals surface area contributed by atoms with E-state index < -0.39 is 32.3 Å². The summed E-state index contributed by atoms with van der Waals surface area (Å²) in [4.78, 5) is 0. The Labute approximate surface area is 415 Å². The zero-order chi connectivity index (χ0) is 46.3. The van der Waals surface area contributed by atoms with Crippen molar-refractivity contribution in [2.75, 3.05) is 27.4 Å². The number of hydrogen-bond donors (Lipinski definition) is 1. The Kier molecular flexibility index (Phi) is 21.2. The second-order valence-electron chi connectivity index (χ2n) is 19.4. The van der Waals surface area contributed by atoms with Gasteiger partial charge in [0.1, 0.15) is 22.3 Å². The Bertz CT molecular complexity index is 1950. The summed E-state index contributed by atoms with van der Waals surface area (Å²) < 4.78 is 58.5. The normalized spacial score (nSPS) is 29.0. The zero-order valence-corrected chi connectivity index (χ0v) is 45.4. The van der Waals surface area contributed by atoms with E-state index in [1.165, 1.54) is 16.7 Å². The molecule has 0 bridgehead atoms. The summed E-state index contributed by atoms with van der Waals surface area (Å²) in [6.07, 6.45) is 13.0. The zero-order valence-electron chi connectivity index (χ0n) is 40.6. The molecule has 0 amide bonds. The number of nitrogens with zero attached hydrogens (tertiary/aromatic N) is 1. The van der Waals surface area contributed by atoms with E-state index in [-0.39, 0.29) is 40.5 Å². The first-order chi connectivity index (χ1) is 29.2. The molecule has 2 aromatic carbocycles. The fraction of sp³-hybridized carbons (Fsp3) is 0.660. The van der Waals surface area contributed by atoms with Crippen molar-refractivity contribution in [2.45, 2.75) is 161 Å². The van der Waals surface area contributed by atoms with Crippen molar-refractivity contribution in [2.24, 2.45) is 27.1 Å². The summed E-state index contributed by atoms with van der Waals surface area (Å²) in [6, 6.07) is 12.9. The first-order valence-electron chi connectivity index (χ1n) is 22.5. The number of rotatable bonds is 12. The van der Waals surface area contributed by atoms with Gasteiger partial charge in [0, 0.05) is 46.2 Å². The van der Waals surface area contributed by atoms with E-state index in [1.807, 2.05) is 69.6 Å². The molecule has 4 aliphatic rings. The van der Waals surface area contributed by atoms with Crippen LogP contribution in [-0.2, 0) is 59.3 Å². The second-order valence-corrected chi connectivity index (χ2v) is 25.1. The monoisotopic (exact) mass is 1030 g/mol. The molecule has 13 heteroatoms. The van der Waals surface area contributed by atoms with Gasteiger partial charge in [-0.2, -0.15) is 4.40 Å². The molecule has 2 aromatic rings. The predicted molar refractivity (Wildman–Crippen MR) is 266 cm³/mol. The molecule has 2 spiro atoms. The molecule has 4 aliphatic carbocycles. The minimum absolute atomic E-state index is 0. The Morgan fingerprint density at radius 3 is 1.92 bits per heavy atom. The van der Waals surface area contributed by atoms with Crippen LogP contribution in [0.5, 0.6) is 0 Å². The van der Waals surface area contributed by atoms with Crippen molar-refractivity contribution in [1.82, 2.24) is 4.72 Å². The van der Waals surface area contributed by atoms with Gasteiger partial charge in [0.25, 0.3) is 0 Å². The number of benzene rings is 2. The Balaban J connectivity index is 0.000000302. The van der Waals surface area contributed by atoms with Crippen LogP contribution in [0.2, 0.25) is 0 Å². The third-order valence-electron chi connectivity index (χ3n) is 13.5. The van der Waals surface area contributed by atoms with Crippen molar-refractivity contribution in [1.29, 1.82) is 0 Å². The maximum Gasteiger partial charge on any atom is 1.00 e. The van der Waals surface area contributed by atoms with E-state index in [0.717, 1.165) is 84.4 Å². The molecule has 0 saturated heterocycles. The number of nitrogens with one attached hydrogen (secondary N) is 1. The molecule has 0 aliphatic heterocycles. The molecule has 0 radical (unpaired) electrons. The number of ether oxygens (including phenoxy) is 4. The molecule has 0 heterocycles. The van der Waals surface area contributed by atoms with E-state index >= 15 is 0 Å². The minimum atomic E-state index is -1.29. The third kappa shape index (κ3) is 12.5. The number of methoxy groups -OCH3 is 2. The largest absolute Gasteiger partial charge is 1.00 e. The van der Waals surface area contributed by atoms with Crippen LogP contribution in [0.1, 0.15) is 143 Å². The average Bonchev–Trinajstić information content (AvgIpc) is 3.65. The molecule has 348 valence electrons. The van der Waals surface area contributed by atoms with E-state index in [9.17, 15) is 8.42 Å². The third-order valence-corrected chi connectivity index (χ3v) is 17.5. The van der Waals surface area contributed by atoms with Gasteiger partial charge in [0.2, 0.25) is 0 Å². The summed E-state index contributed by atoms with van der Waals surface area (Å²) in [5, 5.41) is 0. The molecule has 63 heavy (non-hydrogen) atoms. The topological polar surface area (TPSA) is 95.5 Å². The molecular formula is C50H75Br2LiN2O6S2. The summed E-state index contributed by atoms with van der Waals surface area (Å²) in [6.45, 7) is 29.2. The number of fused-ring (bicyclic) bond motifs is 2. The van der Waals surface area contributed by atoms with Crippen molar-refractivity contribution >= 4 is 59.5 Å². The van der Waals surface area contributed by atoms with Gasteiger partial charge < -0.3 is 25.2 Å². The molecule has 6 rings (SSSR count). The van der Waals surface area contributed by atoms with Crippen LogP contribution in [0.25, 0.3) is 0 Å². The molecule has 2 saturated carbocycles. The van der Waals surface area contributed by atoms with Gasteiger partial charge in [-0.25, -0.2) is 19.7 Å². The van der Waals surface area contributed by atoms with E-state index in [4.69, 9.17) is 18.6 Å².